The molecule has 0 aliphatic carbocycles. The van der Waals surface area contributed by atoms with Gasteiger partial charge in [-0.3, -0.25) is 4.98 Å². The van der Waals surface area contributed by atoms with Crippen molar-refractivity contribution in [3.63, 3.8) is 0 Å². The van der Waals surface area contributed by atoms with E-state index in [0.717, 1.165) is 56.8 Å². The number of hydrogen-bond acceptors (Lipinski definition) is 4. The van der Waals surface area contributed by atoms with Crippen LogP contribution in [0.25, 0.3) is 61.8 Å². The minimum absolute atomic E-state index is 0. The Kier molecular flexibility index (Phi) is 7.83. The number of aromatic nitrogens is 4. The van der Waals surface area contributed by atoms with Gasteiger partial charge in [-0.05, 0) is 55.3 Å². The molecule has 0 bridgehead atoms. The molecule has 4 aromatic heterocycles. The zero-order valence-corrected chi connectivity index (χ0v) is 26.9. The largest absolute Gasteiger partial charge is 0.486 e. The number of furan rings is 1. The fourth-order valence-electron chi connectivity index (χ4n) is 5.63. The van der Waals surface area contributed by atoms with Gasteiger partial charge in [-0.1, -0.05) is 60.2 Å². The normalized spacial score (nSPS) is 12.3. The van der Waals surface area contributed by atoms with E-state index in [4.69, 9.17) is 9.40 Å². The number of aryl methyl sites for hydroxylation is 1. The Morgan fingerprint density at radius 2 is 1.77 bits per heavy atom. The van der Waals surface area contributed by atoms with Crippen molar-refractivity contribution in [2.24, 2.45) is 0 Å². The second-order valence-corrected chi connectivity index (χ2v) is 11.1. The smallest absolute Gasteiger partial charge is 0.216 e. The molecule has 1 aliphatic rings. The fourth-order valence-corrected chi connectivity index (χ4v) is 5.63. The summed E-state index contributed by atoms with van der Waals surface area (Å²) < 4.78 is 8.33. The van der Waals surface area contributed by atoms with Crippen molar-refractivity contribution in [2.75, 3.05) is 0 Å². The van der Waals surface area contributed by atoms with Crippen LogP contribution in [0, 0.1) is 19.1 Å². The van der Waals surface area contributed by atoms with Crippen molar-refractivity contribution in [3.05, 3.63) is 120 Å². The molecule has 3 aromatic carbocycles. The van der Waals surface area contributed by atoms with E-state index in [-0.39, 0.29) is 20.1 Å². The maximum Gasteiger partial charge on any atom is 0.216 e. The van der Waals surface area contributed by atoms with Crippen molar-refractivity contribution in [1.29, 1.82) is 0 Å². The number of allylic oxidation sites excluding steroid dienone is 1. The van der Waals surface area contributed by atoms with Crippen LogP contribution in [0.4, 0.5) is 0 Å². The summed E-state index contributed by atoms with van der Waals surface area (Å²) in [4.78, 5) is 13.8. The number of nitrogens with zero attached hydrogens (tertiary/aromatic N) is 4. The third kappa shape index (κ3) is 5.33. The van der Waals surface area contributed by atoms with Gasteiger partial charge >= 0.3 is 0 Å². The molecule has 5 nitrogen and oxygen atoms in total. The molecule has 0 atom stereocenters. The van der Waals surface area contributed by atoms with Crippen LogP contribution in [-0.2, 0) is 26.7 Å². The number of rotatable bonds is 3. The molecule has 43 heavy (non-hydrogen) atoms. The minimum Gasteiger partial charge on any atom is -0.486 e. The number of benzene rings is 3. The first-order valence-electron chi connectivity index (χ1n) is 14.3. The van der Waals surface area contributed by atoms with Crippen molar-refractivity contribution >= 4 is 39.2 Å². The molecule has 215 valence electrons. The summed E-state index contributed by atoms with van der Waals surface area (Å²) in [5, 5.41) is 2.08. The molecule has 1 aliphatic heterocycles. The van der Waals surface area contributed by atoms with E-state index in [0.29, 0.717) is 11.6 Å². The van der Waals surface area contributed by atoms with Gasteiger partial charge in [-0.2, -0.15) is 0 Å². The molecule has 6 heteroatoms. The monoisotopic (exact) mass is 739 g/mol. The molecule has 0 saturated heterocycles. The Morgan fingerprint density at radius 1 is 0.884 bits per heavy atom. The third-order valence-corrected chi connectivity index (χ3v) is 7.70. The van der Waals surface area contributed by atoms with Crippen LogP contribution in [-0.4, -0.2) is 19.5 Å². The molecular formula is C37H30IrN4O-2. The molecule has 0 saturated carbocycles. The van der Waals surface area contributed by atoms with E-state index in [9.17, 15) is 0 Å². The SMILES string of the molecule is CC1=Cc2cccc3nc(-c4[c-]cccc4)n(c23)C1.Cc1ccc2c(n1)oc1c(-c3cc(C(C)C)ccn3)[c-]ccc12.[Ir]. The van der Waals surface area contributed by atoms with Gasteiger partial charge in [0.05, 0.1) is 22.4 Å². The van der Waals surface area contributed by atoms with Gasteiger partial charge in [0.15, 0.2) is 0 Å². The van der Waals surface area contributed by atoms with E-state index < -0.39 is 0 Å². The Hall–Kier alpha value is -4.38. The Balaban J connectivity index is 0.000000152. The van der Waals surface area contributed by atoms with E-state index in [1.807, 2.05) is 49.5 Å². The Labute approximate surface area is 264 Å². The molecule has 7 aromatic rings. The fraction of sp³-hybridized carbons (Fsp3) is 0.162. The van der Waals surface area contributed by atoms with Gasteiger partial charge < -0.3 is 14.0 Å². The molecule has 0 amide bonds. The summed E-state index contributed by atoms with van der Waals surface area (Å²) in [6.45, 7) is 9.40. The van der Waals surface area contributed by atoms with Crippen LogP contribution in [0.1, 0.15) is 43.5 Å². The summed E-state index contributed by atoms with van der Waals surface area (Å²) in [6, 6.07) is 33.1. The summed E-state index contributed by atoms with van der Waals surface area (Å²) >= 11 is 0. The summed E-state index contributed by atoms with van der Waals surface area (Å²) in [5.41, 5.74) is 11.4. The number of pyridine rings is 2. The van der Waals surface area contributed by atoms with Gasteiger partial charge in [0.2, 0.25) is 5.71 Å². The van der Waals surface area contributed by atoms with Crippen LogP contribution in [0.2, 0.25) is 0 Å². The second-order valence-electron chi connectivity index (χ2n) is 11.1. The molecule has 0 unspecified atom stereocenters. The first-order valence-corrected chi connectivity index (χ1v) is 14.3. The van der Waals surface area contributed by atoms with Crippen LogP contribution in [0.3, 0.4) is 0 Å². The summed E-state index contributed by atoms with van der Waals surface area (Å²) in [7, 11) is 0. The number of para-hydroxylation sites is 1. The minimum atomic E-state index is 0. The average Bonchev–Trinajstić information content (AvgIpc) is 3.56. The van der Waals surface area contributed by atoms with E-state index in [1.54, 1.807) is 0 Å². The molecular weight excluding hydrogens is 709 g/mol. The van der Waals surface area contributed by atoms with Gasteiger partial charge in [0.25, 0.3) is 0 Å². The molecule has 1 radical (unpaired) electrons. The van der Waals surface area contributed by atoms with Crippen molar-refractivity contribution in [1.82, 2.24) is 19.5 Å². The maximum absolute atomic E-state index is 6.04. The second kappa shape index (κ2) is 11.7. The predicted octanol–water partition coefficient (Wildman–Crippen LogP) is 9.19. The Morgan fingerprint density at radius 3 is 2.58 bits per heavy atom. The molecule has 0 spiro atoms. The third-order valence-electron chi connectivity index (χ3n) is 7.70. The first-order chi connectivity index (χ1) is 20.5. The number of imidazole rings is 1. The van der Waals surface area contributed by atoms with Crippen LogP contribution in [0.15, 0.2) is 95.0 Å². The summed E-state index contributed by atoms with van der Waals surface area (Å²) in [6.07, 6.45) is 4.10. The van der Waals surface area contributed by atoms with E-state index in [1.165, 1.54) is 22.2 Å². The summed E-state index contributed by atoms with van der Waals surface area (Å²) in [5.74, 6) is 1.46. The average molecular weight is 739 g/mol. The van der Waals surface area contributed by atoms with Crippen molar-refractivity contribution < 1.29 is 24.5 Å². The standard InChI is InChI=1S/C20H17N2O.C17H13N2.Ir/c1-12(2)14-9-10-21-18(11-14)17-6-4-5-15-16-8-7-13(3)22-20(16)23-19(15)17;1-12-10-14-8-5-9-15-16(14)19(11-12)17(18-15)13-6-3-2-4-7-13;/h4-5,7-12H,1-3H3;2-6,8-10H,11H2,1H3;/q2*-1;. The molecule has 0 N–H and O–H groups in total. The zero-order valence-electron chi connectivity index (χ0n) is 24.5. The van der Waals surface area contributed by atoms with Crippen LogP contribution < -0.4 is 0 Å². The molecule has 5 heterocycles. The topological polar surface area (TPSA) is 56.7 Å². The van der Waals surface area contributed by atoms with Gasteiger partial charge in [0.1, 0.15) is 0 Å². The van der Waals surface area contributed by atoms with Crippen LogP contribution in [0.5, 0.6) is 0 Å². The van der Waals surface area contributed by atoms with Gasteiger partial charge in [0, 0.05) is 43.9 Å². The van der Waals surface area contributed by atoms with Gasteiger partial charge in [-0.15, -0.1) is 54.1 Å². The van der Waals surface area contributed by atoms with E-state index in [2.05, 4.69) is 96.0 Å². The van der Waals surface area contributed by atoms with Crippen LogP contribution >= 0.6 is 0 Å². The first kappa shape index (κ1) is 28.7. The number of fused-ring (bicyclic) bond motifs is 3. The predicted molar refractivity (Wildman–Crippen MR) is 170 cm³/mol. The maximum atomic E-state index is 6.04. The number of hydrogen-bond donors (Lipinski definition) is 0. The Bertz CT molecular complexity index is 2120. The van der Waals surface area contributed by atoms with Crippen molar-refractivity contribution in [3.8, 4) is 22.6 Å². The molecule has 8 rings (SSSR count). The van der Waals surface area contributed by atoms with E-state index >= 15 is 0 Å². The zero-order chi connectivity index (χ0) is 28.8. The van der Waals surface area contributed by atoms with Gasteiger partial charge in [-0.25, -0.2) is 4.98 Å². The van der Waals surface area contributed by atoms with Crippen molar-refractivity contribution in [2.45, 2.75) is 40.2 Å². The molecule has 0 fully saturated rings. The quantitative estimate of drug-likeness (QED) is 0.170.